The van der Waals surface area contributed by atoms with E-state index in [1.54, 1.807) is 15.6 Å². The van der Waals surface area contributed by atoms with Crippen LogP contribution in [0.2, 0.25) is 0 Å². The SMILES string of the molecule is CNCC1CCCN(S(=O)(=O)NCCc2csc(C)n2)C1. The molecule has 0 aliphatic carbocycles. The first kappa shape index (κ1) is 16.8. The number of aromatic nitrogens is 1. The van der Waals surface area contributed by atoms with Crippen molar-refractivity contribution in [3.05, 3.63) is 16.1 Å². The molecule has 1 fully saturated rings. The highest BCUT2D eigenvalue weighted by Crippen LogP contribution is 2.18. The molecular formula is C13H24N4O2S2. The molecule has 1 atom stereocenters. The lowest BCUT2D eigenvalue weighted by atomic mass is 10.00. The predicted octanol–water partition coefficient (Wildman–Crippen LogP) is 0.760. The molecule has 6 nitrogen and oxygen atoms in total. The summed E-state index contributed by atoms with van der Waals surface area (Å²) in [7, 11) is -1.46. The van der Waals surface area contributed by atoms with Gasteiger partial charge in [-0.3, -0.25) is 0 Å². The molecule has 1 aromatic heterocycles. The summed E-state index contributed by atoms with van der Waals surface area (Å²) in [6, 6.07) is 0. The van der Waals surface area contributed by atoms with Crippen LogP contribution in [0.5, 0.6) is 0 Å². The Kier molecular flexibility index (Phi) is 6.12. The van der Waals surface area contributed by atoms with E-state index in [4.69, 9.17) is 0 Å². The standard InChI is InChI=1S/C13H24N4O2S2/c1-11-16-13(10-20-11)5-6-15-21(18,19)17-7-3-4-12(9-17)8-14-2/h10,12,14-15H,3-9H2,1-2H3. The lowest BCUT2D eigenvalue weighted by Crippen LogP contribution is -2.47. The molecule has 21 heavy (non-hydrogen) atoms. The lowest BCUT2D eigenvalue weighted by molar-refractivity contribution is 0.261. The number of hydrogen-bond acceptors (Lipinski definition) is 5. The van der Waals surface area contributed by atoms with Crippen LogP contribution in [-0.2, 0) is 16.6 Å². The Morgan fingerprint density at radius 1 is 1.52 bits per heavy atom. The second-order valence-electron chi connectivity index (χ2n) is 5.43. The van der Waals surface area contributed by atoms with Crippen LogP contribution in [0, 0.1) is 12.8 Å². The third kappa shape index (κ3) is 5.00. The molecule has 2 heterocycles. The number of nitrogens with zero attached hydrogens (tertiary/aromatic N) is 2. The molecule has 0 amide bonds. The van der Waals surface area contributed by atoms with E-state index >= 15 is 0 Å². The maximum absolute atomic E-state index is 12.3. The number of piperidine rings is 1. The van der Waals surface area contributed by atoms with Gasteiger partial charge in [0.2, 0.25) is 0 Å². The van der Waals surface area contributed by atoms with Gasteiger partial charge in [0, 0.05) is 31.4 Å². The first-order valence-electron chi connectivity index (χ1n) is 7.31. The molecule has 1 saturated heterocycles. The molecule has 0 saturated carbocycles. The monoisotopic (exact) mass is 332 g/mol. The summed E-state index contributed by atoms with van der Waals surface area (Å²) in [5, 5.41) is 6.12. The predicted molar refractivity (Wildman–Crippen MR) is 85.7 cm³/mol. The van der Waals surface area contributed by atoms with Crippen LogP contribution in [0.1, 0.15) is 23.5 Å². The third-order valence-electron chi connectivity index (χ3n) is 3.65. The summed E-state index contributed by atoms with van der Waals surface area (Å²) in [5.41, 5.74) is 0.951. The Morgan fingerprint density at radius 3 is 3.00 bits per heavy atom. The molecule has 1 unspecified atom stereocenters. The fourth-order valence-electron chi connectivity index (χ4n) is 2.62. The number of hydrogen-bond donors (Lipinski definition) is 2. The molecule has 0 aromatic carbocycles. The molecule has 120 valence electrons. The van der Waals surface area contributed by atoms with E-state index in [0.29, 0.717) is 32.0 Å². The molecule has 0 bridgehead atoms. The van der Waals surface area contributed by atoms with Crippen molar-refractivity contribution < 1.29 is 8.42 Å². The Balaban J connectivity index is 1.83. The van der Waals surface area contributed by atoms with Gasteiger partial charge in [0.05, 0.1) is 10.7 Å². The van der Waals surface area contributed by atoms with Gasteiger partial charge in [-0.05, 0) is 39.3 Å². The third-order valence-corrected chi connectivity index (χ3v) is 6.05. The maximum Gasteiger partial charge on any atom is 0.279 e. The fourth-order valence-corrected chi connectivity index (χ4v) is 4.59. The zero-order chi connectivity index (χ0) is 15.3. The van der Waals surface area contributed by atoms with Crippen molar-refractivity contribution in [1.82, 2.24) is 19.3 Å². The van der Waals surface area contributed by atoms with Gasteiger partial charge in [0.15, 0.2) is 0 Å². The second kappa shape index (κ2) is 7.64. The highest BCUT2D eigenvalue weighted by atomic mass is 32.2. The Morgan fingerprint density at radius 2 is 2.33 bits per heavy atom. The number of thiazole rings is 1. The minimum atomic E-state index is -3.37. The van der Waals surface area contributed by atoms with Crippen molar-refractivity contribution in [3.63, 3.8) is 0 Å². The summed E-state index contributed by atoms with van der Waals surface area (Å²) in [4.78, 5) is 4.34. The van der Waals surface area contributed by atoms with Gasteiger partial charge >= 0.3 is 0 Å². The molecule has 0 radical (unpaired) electrons. The Bertz CT molecular complexity index is 542. The van der Waals surface area contributed by atoms with Crippen molar-refractivity contribution in [2.75, 3.05) is 33.2 Å². The Hall–Kier alpha value is -0.540. The molecule has 1 aliphatic heterocycles. The minimum Gasteiger partial charge on any atom is -0.319 e. The van der Waals surface area contributed by atoms with E-state index < -0.39 is 10.2 Å². The highest BCUT2D eigenvalue weighted by Gasteiger charge is 2.28. The second-order valence-corrected chi connectivity index (χ2v) is 8.25. The van der Waals surface area contributed by atoms with Crippen molar-refractivity contribution in [2.24, 2.45) is 5.92 Å². The van der Waals surface area contributed by atoms with Gasteiger partial charge < -0.3 is 5.32 Å². The summed E-state index contributed by atoms with van der Waals surface area (Å²) in [6.07, 6.45) is 2.65. The van der Waals surface area contributed by atoms with E-state index in [1.807, 2.05) is 19.4 Å². The van der Waals surface area contributed by atoms with Crippen LogP contribution in [0.25, 0.3) is 0 Å². The van der Waals surface area contributed by atoms with Crippen LogP contribution in [0.3, 0.4) is 0 Å². The molecule has 0 spiro atoms. The largest absolute Gasteiger partial charge is 0.319 e. The van der Waals surface area contributed by atoms with E-state index in [0.717, 1.165) is 30.1 Å². The summed E-state index contributed by atoms with van der Waals surface area (Å²) in [6.45, 7) is 4.44. The zero-order valence-corrected chi connectivity index (χ0v) is 14.3. The maximum atomic E-state index is 12.3. The van der Waals surface area contributed by atoms with Crippen molar-refractivity contribution >= 4 is 21.5 Å². The highest BCUT2D eigenvalue weighted by molar-refractivity contribution is 7.87. The normalized spacial score (nSPS) is 20.8. The van der Waals surface area contributed by atoms with Crippen LogP contribution in [0.15, 0.2) is 5.38 Å². The fraction of sp³-hybridized carbons (Fsp3) is 0.769. The van der Waals surface area contributed by atoms with Crippen LogP contribution >= 0.6 is 11.3 Å². The molecule has 2 rings (SSSR count). The summed E-state index contributed by atoms with van der Waals surface area (Å²) < 4.78 is 28.9. The average Bonchev–Trinajstić information content (AvgIpc) is 2.85. The Labute approximate surface area is 131 Å². The van der Waals surface area contributed by atoms with Crippen molar-refractivity contribution in [1.29, 1.82) is 0 Å². The van der Waals surface area contributed by atoms with Gasteiger partial charge in [0.25, 0.3) is 10.2 Å². The first-order valence-corrected chi connectivity index (χ1v) is 9.63. The quantitative estimate of drug-likeness (QED) is 0.773. The number of nitrogens with one attached hydrogen (secondary N) is 2. The molecule has 1 aliphatic rings. The topological polar surface area (TPSA) is 74.3 Å². The lowest BCUT2D eigenvalue weighted by Gasteiger charge is -2.31. The zero-order valence-electron chi connectivity index (χ0n) is 12.6. The van der Waals surface area contributed by atoms with Gasteiger partial charge in [-0.2, -0.15) is 12.7 Å². The number of rotatable bonds is 7. The van der Waals surface area contributed by atoms with E-state index in [1.165, 1.54) is 0 Å². The van der Waals surface area contributed by atoms with Gasteiger partial charge in [0.1, 0.15) is 0 Å². The molecule has 8 heteroatoms. The van der Waals surface area contributed by atoms with Crippen LogP contribution < -0.4 is 10.0 Å². The molecule has 2 N–H and O–H groups in total. The summed E-state index contributed by atoms with van der Waals surface area (Å²) >= 11 is 1.59. The van der Waals surface area contributed by atoms with Gasteiger partial charge in [-0.15, -0.1) is 11.3 Å². The first-order chi connectivity index (χ1) is 10.0. The summed E-state index contributed by atoms with van der Waals surface area (Å²) in [5.74, 6) is 0.404. The van der Waals surface area contributed by atoms with Crippen LogP contribution in [-0.4, -0.2) is 50.9 Å². The van der Waals surface area contributed by atoms with E-state index in [2.05, 4.69) is 15.0 Å². The minimum absolute atomic E-state index is 0.401. The molecular weight excluding hydrogens is 308 g/mol. The smallest absolute Gasteiger partial charge is 0.279 e. The van der Waals surface area contributed by atoms with Gasteiger partial charge in [-0.25, -0.2) is 9.71 Å². The average molecular weight is 332 g/mol. The van der Waals surface area contributed by atoms with Gasteiger partial charge in [-0.1, -0.05) is 0 Å². The molecule has 1 aromatic rings. The van der Waals surface area contributed by atoms with E-state index in [9.17, 15) is 8.42 Å². The van der Waals surface area contributed by atoms with Crippen molar-refractivity contribution in [3.8, 4) is 0 Å². The van der Waals surface area contributed by atoms with Crippen molar-refractivity contribution in [2.45, 2.75) is 26.2 Å². The van der Waals surface area contributed by atoms with E-state index in [-0.39, 0.29) is 0 Å². The number of aryl methyl sites for hydroxylation is 1. The van der Waals surface area contributed by atoms with Crippen LogP contribution in [0.4, 0.5) is 0 Å².